The molecule has 0 bridgehead atoms. The molecule has 0 fully saturated rings. The van der Waals surface area contributed by atoms with E-state index in [0.29, 0.717) is 6.61 Å². The van der Waals surface area contributed by atoms with Crippen LogP contribution < -0.4 is 0 Å². The average Bonchev–Trinajstić information content (AvgIpc) is 2.09. The predicted molar refractivity (Wildman–Crippen MR) is 44.6 cm³/mol. The van der Waals surface area contributed by atoms with Crippen LogP contribution in [0.25, 0.3) is 0 Å². The SMILES string of the molecule is COCOC=CC(C)OCCO. The van der Waals surface area contributed by atoms with Gasteiger partial charge < -0.3 is 19.3 Å². The van der Waals surface area contributed by atoms with Crippen LogP contribution >= 0.6 is 0 Å². The van der Waals surface area contributed by atoms with E-state index in [9.17, 15) is 0 Å². The van der Waals surface area contributed by atoms with Gasteiger partial charge >= 0.3 is 0 Å². The molecule has 0 aromatic rings. The Morgan fingerprint density at radius 1 is 1.50 bits per heavy atom. The minimum absolute atomic E-state index is 0.0388. The maximum Gasteiger partial charge on any atom is 0.187 e. The van der Waals surface area contributed by atoms with E-state index >= 15 is 0 Å². The molecule has 4 heteroatoms. The van der Waals surface area contributed by atoms with E-state index in [1.807, 2.05) is 6.92 Å². The van der Waals surface area contributed by atoms with Gasteiger partial charge in [0.05, 0.1) is 25.6 Å². The van der Waals surface area contributed by atoms with Crippen molar-refractivity contribution < 1.29 is 19.3 Å². The minimum atomic E-state index is -0.0472. The lowest BCUT2D eigenvalue weighted by molar-refractivity contribution is 0.0165. The van der Waals surface area contributed by atoms with E-state index < -0.39 is 0 Å². The third-order valence-electron chi connectivity index (χ3n) is 1.10. The maximum absolute atomic E-state index is 8.42. The van der Waals surface area contributed by atoms with E-state index in [1.54, 1.807) is 13.2 Å². The van der Waals surface area contributed by atoms with E-state index in [1.165, 1.54) is 6.26 Å². The lowest BCUT2D eigenvalue weighted by atomic mass is 10.4. The van der Waals surface area contributed by atoms with E-state index in [4.69, 9.17) is 14.6 Å². The molecule has 1 unspecified atom stereocenters. The summed E-state index contributed by atoms with van der Waals surface area (Å²) in [6.45, 7) is 2.48. The number of rotatable bonds is 7. The van der Waals surface area contributed by atoms with Gasteiger partial charge in [-0.15, -0.1) is 0 Å². The Kier molecular flexibility index (Phi) is 8.10. The van der Waals surface area contributed by atoms with Crippen LogP contribution in [0.1, 0.15) is 6.92 Å². The van der Waals surface area contributed by atoms with Crippen LogP contribution in [-0.2, 0) is 14.2 Å². The summed E-state index contributed by atoms with van der Waals surface area (Å²) in [6.07, 6.45) is 3.22. The molecular formula is C8H16O4. The Labute approximate surface area is 72.7 Å². The van der Waals surface area contributed by atoms with Gasteiger partial charge in [-0.25, -0.2) is 0 Å². The molecule has 72 valence electrons. The van der Waals surface area contributed by atoms with Crippen molar-refractivity contribution in [1.82, 2.24) is 0 Å². The topological polar surface area (TPSA) is 47.9 Å². The molecule has 12 heavy (non-hydrogen) atoms. The van der Waals surface area contributed by atoms with Crippen molar-refractivity contribution in [1.29, 1.82) is 0 Å². The van der Waals surface area contributed by atoms with Crippen molar-refractivity contribution in [3.05, 3.63) is 12.3 Å². The molecule has 0 spiro atoms. The smallest absolute Gasteiger partial charge is 0.187 e. The highest BCUT2D eigenvalue weighted by molar-refractivity contribution is 4.80. The Hall–Kier alpha value is -0.580. The fourth-order valence-corrected chi connectivity index (χ4v) is 0.568. The zero-order chi connectivity index (χ0) is 9.23. The highest BCUT2D eigenvalue weighted by Gasteiger charge is 1.94. The van der Waals surface area contributed by atoms with Crippen LogP contribution in [0.3, 0.4) is 0 Å². The van der Waals surface area contributed by atoms with Gasteiger partial charge in [-0.2, -0.15) is 0 Å². The van der Waals surface area contributed by atoms with E-state index in [-0.39, 0.29) is 19.5 Å². The van der Waals surface area contributed by atoms with Crippen molar-refractivity contribution in [2.45, 2.75) is 13.0 Å². The molecule has 0 aliphatic carbocycles. The third-order valence-corrected chi connectivity index (χ3v) is 1.10. The van der Waals surface area contributed by atoms with Crippen LogP contribution in [0.5, 0.6) is 0 Å². The summed E-state index contributed by atoms with van der Waals surface area (Å²) in [7, 11) is 1.56. The lowest BCUT2D eigenvalue weighted by Gasteiger charge is -2.06. The number of aliphatic hydroxyl groups is 1. The Balaban J connectivity index is 3.27. The van der Waals surface area contributed by atoms with Gasteiger partial charge in [-0.3, -0.25) is 0 Å². The van der Waals surface area contributed by atoms with Crippen LogP contribution in [0.2, 0.25) is 0 Å². The van der Waals surface area contributed by atoms with Crippen LogP contribution in [0, 0.1) is 0 Å². The van der Waals surface area contributed by atoms with Gasteiger partial charge in [-0.05, 0) is 13.0 Å². The lowest BCUT2D eigenvalue weighted by Crippen LogP contribution is -2.08. The molecule has 1 N–H and O–H groups in total. The highest BCUT2D eigenvalue weighted by Crippen LogP contribution is 1.92. The van der Waals surface area contributed by atoms with Crippen molar-refractivity contribution in [3.8, 4) is 0 Å². The summed E-state index contributed by atoms with van der Waals surface area (Å²) in [5, 5.41) is 8.42. The molecule has 1 atom stereocenters. The standard InChI is InChI=1S/C8H16O4/c1-8(12-6-4-9)3-5-11-7-10-2/h3,5,8-9H,4,6-7H2,1-2H3. The van der Waals surface area contributed by atoms with Gasteiger partial charge in [0, 0.05) is 7.11 Å². The Bertz CT molecular complexity index is 114. The second-order valence-corrected chi connectivity index (χ2v) is 2.20. The second-order valence-electron chi connectivity index (χ2n) is 2.20. The average molecular weight is 176 g/mol. The van der Waals surface area contributed by atoms with Gasteiger partial charge in [0.25, 0.3) is 0 Å². The minimum Gasteiger partial charge on any atom is -0.475 e. The van der Waals surface area contributed by atoms with Gasteiger partial charge in [0.1, 0.15) is 0 Å². The first-order valence-electron chi connectivity index (χ1n) is 3.81. The predicted octanol–water partition coefficient (Wildman–Crippen LogP) is 0.518. The number of aliphatic hydroxyl groups excluding tert-OH is 1. The van der Waals surface area contributed by atoms with Crippen molar-refractivity contribution in [2.75, 3.05) is 27.1 Å². The third kappa shape index (κ3) is 7.53. The molecule has 0 saturated heterocycles. The molecule has 0 aromatic carbocycles. The van der Waals surface area contributed by atoms with Crippen molar-refractivity contribution in [3.63, 3.8) is 0 Å². The summed E-state index contributed by atoms with van der Waals surface area (Å²) in [5.41, 5.74) is 0. The van der Waals surface area contributed by atoms with Crippen molar-refractivity contribution >= 4 is 0 Å². The summed E-state index contributed by atoms with van der Waals surface area (Å²) < 4.78 is 14.7. The first-order chi connectivity index (χ1) is 5.81. The molecule has 0 rings (SSSR count). The molecule has 0 saturated carbocycles. The molecule has 0 amide bonds. The van der Waals surface area contributed by atoms with Crippen LogP contribution in [0.15, 0.2) is 12.3 Å². The van der Waals surface area contributed by atoms with Crippen LogP contribution in [0.4, 0.5) is 0 Å². The number of hydrogen-bond donors (Lipinski definition) is 1. The molecule has 0 aromatic heterocycles. The quantitative estimate of drug-likeness (QED) is 0.349. The monoisotopic (exact) mass is 176 g/mol. The first kappa shape index (κ1) is 11.4. The number of ether oxygens (including phenoxy) is 3. The fraction of sp³-hybridized carbons (Fsp3) is 0.750. The van der Waals surface area contributed by atoms with E-state index in [2.05, 4.69) is 4.74 Å². The van der Waals surface area contributed by atoms with Gasteiger partial charge in [0.2, 0.25) is 0 Å². The second kappa shape index (κ2) is 8.52. The molecule has 0 heterocycles. The largest absolute Gasteiger partial charge is 0.475 e. The normalized spacial score (nSPS) is 13.6. The molecule has 0 radical (unpaired) electrons. The maximum atomic E-state index is 8.42. The molecule has 4 nitrogen and oxygen atoms in total. The molecule has 0 aliphatic heterocycles. The van der Waals surface area contributed by atoms with Gasteiger partial charge in [-0.1, -0.05) is 0 Å². The van der Waals surface area contributed by atoms with Crippen LogP contribution in [-0.4, -0.2) is 38.3 Å². The summed E-state index contributed by atoms with van der Waals surface area (Å²) >= 11 is 0. The summed E-state index contributed by atoms with van der Waals surface area (Å²) in [6, 6.07) is 0. The van der Waals surface area contributed by atoms with Gasteiger partial charge in [0.15, 0.2) is 6.79 Å². The highest BCUT2D eigenvalue weighted by atomic mass is 16.7. The van der Waals surface area contributed by atoms with Crippen molar-refractivity contribution in [2.24, 2.45) is 0 Å². The Morgan fingerprint density at radius 2 is 2.25 bits per heavy atom. The number of hydrogen-bond acceptors (Lipinski definition) is 4. The first-order valence-corrected chi connectivity index (χ1v) is 3.81. The molecular weight excluding hydrogens is 160 g/mol. The molecule has 0 aliphatic rings. The fourth-order valence-electron chi connectivity index (χ4n) is 0.568. The summed E-state index contributed by atoms with van der Waals surface area (Å²) in [5.74, 6) is 0. The number of methoxy groups -OCH3 is 1. The Morgan fingerprint density at radius 3 is 2.83 bits per heavy atom. The summed E-state index contributed by atoms with van der Waals surface area (Å²) in [4.78, 5) is 0. The zero-order valence-electron chi connectivity index (χ0n) is 7.53. The zero-order valence-corrected chi connectivity index (χ0v) is 7.53. The van der Waals surface area contributed by atoms with E-state index in [0.717, 1.165) is 0 Å².